The minimum Gasteiger partial charge on any atom is -0.350 e. The highest BCUT2D eigenvalue weighted by Crippen LogP contribution is 2.42. The van der Waals surface area contributed by atoms with Gasteiger partial charge in [0.05, 0.1) is 6.04 Å². The average molecular weight is 458 g/mol. The molecule has 2 heterocycles. The number of fused-ring (bicyclic) bond motifs is 2. The Bertz CT molecular complexity index is 1410. The lowest BCUT2D eigenvalue weighted by Crippen LogP contribution is -2.44. The molecule has 2 atom stereocenters. The molecule has 0 bridgehead atoms. The molecule has 0 aliphatic carbocycles. The van der Waals surface area contributed by atoms with E-state index in [0.717, 1.165) is 27.6 Å². The van der Waals surface area contributed by atoms with Crippen LogP contribution in [0.4, 0.5) is 5.69 Å². The summed E-state index contributed by atoms with van der Waals surface area (Å²) in [5.74, 6) is -0.408. The molecule has 166 valence electrons. The molecule has 5 rings (SSSR count). The molecular weight excluding hydrogens is 434 g/mol. The van der Waals surface area contributed by atoms with Crippen molar-refractivity contribution in [2.75, 3.05) is 5.32 Å². The maximum absolute atomic E-state index is 13.5. The highest BCUT2D eigenvalue weighted by molar-refractivity contribution is 6.31. The number of hydrogen-bond acceptors (Lipinski definition) is 2. The molecule has 0 saturated heterocycles. The Balaban J connectivity index is 1.56. The van der Waals surface area contributed by atoms with Gasteiger partial charge in [-0.3, -0.25) is 9.59 Å². The molecular formula is C27H24ClN3O2. The Labute approximate surface area is 197 Å². The maximum atomic E-state index is 13.5. The van der Waals surface area contributed by atoms with E-state index in [0.29, 0.717) is 16.3 Å². The summed E-state index contributed by atoms with van der Waals surface area (Å²) in [6, 6.07) is 20.1. The van der Waals surface area contributed by atoms with Crippen molar-refractivity contribution >= 4 is 40.0 Å². The van der Waals surface area contributed by atoms with Crippen molar-refractivity contribution < 1.29 is 9.59 Å². The zero-order valence-electron chi connectivity index (χ0n) is 18.7. The minimum absolute atomic E-state index is 0.145. The number of aromatic nitrogens is 1. The number of carbonyl (C=O) groups is 2. The van der Waals surface area contributed by atoms with Gasteiger partial charge in [-0.15, -0.1) is 0 Å². The van der Waals surface area contributed by atoms with Gasteiger partial charge in [0, 0.05) is 46.0 Å². The fourth-order valence-corrected chi connectivity index (χ4v) is 4.87. The Morgan fingerprint density at radius 3 is 2.55 bits per heavy atom. The van der Waals surface area contributed by atoms with Crippen LogP contribution in [0.1, 0.15) is 40.0 Å². The van der Waals surface area contributed by atoms with E-state index in [4.69, 9.17) is 11.6 Å². The van der Waals surface area contributed by atoms with Gasteiger partial charge in [-0.1, -0.05) is 54.1 Å². The van der Waals surface area contributed by atoms with Crippen LogP contribution in [-0.4, -0.2) is 27.3 Å². The first-order chi connectivity index (χ1) is 15.9. The topological polar surface area (TPSA) is 54.3 Å². The van der Waals surface area contributed by atoms with E-state index in [-0.39, 0.29) is 17.9 Å². The summed E-state index contributed by atoms with van der Waals surface area (Å²) in [7, 11) is 2.00. The van der Waals surface area contributed by atoms with E-state index in [2.05, 4.69) is 28.2 Å². The van der Waals surface area contributed by atoms with Crippen LogP contribution in [0.5, 0.6) is 0 Å². The number of anilines is 1. The second-order valence-electron chi connectivity index (χ2n) is 8.54. The molecule has 0 fully saturated rings. The van der Waals surface area contributed by atoms with Crippen molar-refractivity contribution in [2.24, 2.45) is 7.05 Å². The molecule has 33 heavy (non-hydrogen) atoms. The van der Waals surface area contributed by atoms with Gasteiger partial charge in [0.25, 0.3) is 5.91 Å². The summed E-state index contributed by atoms with van der Waals surface area (Å²) >= 11 is 6.23. The second-order valence-corrected chi connectivity index (χ2v) is 8.95. The van der Waals surface area contributed by atoms with Gasteiger partial charge in [-0.05, 0) is 49.2 Å². The normalized spacial score (nSPS) is 16.2. The summed E-state index contributed by atoms with van der Waals surface area (Å²) in [5.41, 5.74) is 5.17. The Hall–Kier alpha value is -3.57. The SMILES string of the molecule is Cc1ccc(NC(=O)C(C)N2C(=O)c3ccccc3C2c2cn(C)c3ccccc23)cc1Cl. The monoisotopic (exact) mass is 457 g/mol. The molecule has 4 aromatic rings. The predicted octanol–water partition coefficient (Wildman–Crippen LogP) is 5.71. The molecule has 1 aliphatic rings. The van der Waals surface area contributed by atoms with Crippen LogP contribution in [0.3, 0.4) is 0 Å². The second kappa shape index (κ2) is 8.09. The quantitative estimate of drug-likeness (QED) is 0.426. The number of amides is 2. The first-order valence-corrected chi connectivity index (χ1v) is 11.3. The van der Waals surface area contributed by atoms with Gasteiger partial charge in [0.2, 0.25) is 5.91 Å². The molecule has 3 aromatic carbocycles. The summed E-state index contributed by atoms with van der Waals surface area (Å²) in [6.45, 7) is 3.68. The van der Waals surface area contributed by atoms with Crippen molar-refractivity contribution in [3.63, 3.8) is 0 Å². The molecule has 0 spiro atoms. The smallest absolute Gasteiger partial charge is 0.255 e. The Morgan fingerprint density at radius 2 is 1.76 bits per heavy atom. The number of halogens is 1. The summed E-state index contributed by atoms with van der Waals surface area (Å²) in [5, 5.41) is 4.58. The zero-order valence-corrected chi connectivity index (χ0v) is 19.4. The lowest BCUT2D eigenvalue weighted by Gasteiger charge is -2.30. The Morgan fingerprint density at radius 1 is 1.03 bits per heavy atom. The Kier molecular flexibility index (Phi) is 5.22. The molecule has 1 aliphatic heterocycles. The lowest BCUT2D eigenvalue weighted by molar-refractivity contribution is -0.120. The number of carbonyl (C=O) groups excluding carboxylic acids is 2. The number of benzene rings is 3. The largest absolute Gasteiger partial charge is 0.350 e. The van der Waals surface area contributed by atoms with E-state index < -0.39 is 6.04 Å². The molecule has 0 radical (unpaired) electrons. The number of rotatable bonds is 4. The molecule has 1 N–H and O–H groups in total. The molecule has 6 heteroatoms. The standard InChI is InChI=1S/C27H24ClN3O2/c1-16-12-13-18(14-23(16)28)29-26(32)17(2)31-25(20-9-4-5-10-21(20)27(31)33)22-15-30(3)24-11-7-6-8-19(22)24/h4-15,17,25H,1-3H3,(H,29,32). The van der Waals surface area contributed by atoms with Gasteiger partial charge in [-0.25, -0.2) is 0 Å². The van der Waals surface area contributed by atoms with Crippen LogP contribution in [0.2, 0.25) is 5.02 Å². The molecule has 5 nitrogen and oxygen atoms in total. The third-order valence-electron chi connectivity index (χ3n) is 6.46. The zero-order chi connectivity index (χ0) is 23.3. The lowest BCUT2D eigenvalue weighted by atomic mass is 9.97. The van der Waals surface area contributed by atoms with Crippen molar-refractivity contribution in [3.05, 3.63) is 100 Å². The number of nitrogens with zero attached hydrogens (tertiary/aromatic N) is 2. The molecule has 2 amide bonds. The van der Waals surface area contributed by atoms with E-state index >= 15 is 0 Å². The summed E-state index contributed by atoms with van der Waals surface area (Å²) in [6.07, 6.45) is 2.06. The van der Waals surface area contributed by atoms with Crippen LogP contribution >= 0.6 is 11.6 Å². The molecule has 1 aromatic heterocycles. The predicted molar refractivity (Wildman–Crippen MR) is 132 cm³/mol. The van der Waals surface area contributed by atoms with E-state index in [1.54, 1.807) is 17.9 Å². The number of nitrogens with one attached hydrogen (secondary N) is 1. The van der Waals surface area contributed by atoms with Crippen molar-refractivity contribution in [1.82, 2.24) is 9.47 Å². The van der Waals surface area contributed by atoms with Crippen LogP contribution in [0.15, 0.2) is 72.9 Å². The van der Waals surface area contributed by atoms with Crippen LogP contribution in [0.25, 0.3) is 10.9 Å². The number of aryl methyl sites for hydroxylation is 2. The fourth-order valence-electron chi connectivity index (χ4n) is 4.69. The maximum Gasteiger partial charge on any atom is 0.255 e. The first-order valence-electron chi connectivity index (χ1n) is 10.9. The van der Waals surface area contributed by atoms with Crippen LogP contribution < -0.4 is 5.32 Å². The summed E-state index contributed by atoms with van der Waals surface area (Å²) in [4.78, 5) is 28.5. The minimum atomic E-state index is -0.700. The van der Waals surface area contributed by atoms with Gasteiger partial charge < -0.3 is 14.8 Å². The van der Waals surface area contributed by atoms with Crippen molar-refractivity contribution in [1.29, 1.82) is 0 Å². The average Bonchev–Trinajstić information content (AvgIpc) is 3.30. The molecule has 2 unspecified atom stereocenters. The molecule has 0 saturated carbocycles. The number of hydrogen-bond donors (Lipinski definition) is 1. The van der Waals surface area contributed by atoms with Crippen LogP contribution in [0, 0.1) is 6.92 Å². The fraction of sp³-hybridized carbons (Fsp3) is 0.185. The van der Waals surface area contributed by atoms with E-state index in [9.17, 15) is 9.59 Å². The highest BCUT2D eigenvalue weighted by atomic mass is 35.5. The number of para-hydroxylation sites is 1. The van der Waals surface area contributed by atoms with Crippen LogP contribution in [-0.2, 0) is 11.8 Å². The third-order valence-corrected chi connectivity index (χ3v) is 6.86. The van der Waals surface area contributed by atoms with E-state index in [1.807, 2.05) is 62.5 Å². The van der Waals surface area contributed by atoms with Gasteiger partial charge >= 0.3 is 0 Å². The highest BCUT2D eigenvalue weighted by Gasteiger charge is 2.43. The van der Waals surface area contributed by atoms with Gasteiger partial charge in [-0.2, -0.15) is 0 Å². The first kappa shape index (κ1) is 21.3. The summed E-state index contributed by atoms with van der Waals surface area (Å²) < 4.78 is 2.06. The van der Waals surface area contributed by atoms with Gasteiger partial charge in [0.1, 0.15) is 6.04 Å². The van der Waals surface area contributed by atoms with Crippen molar-refractivity contribution in [3.8, 4) is 0 Å². The third kappa shape index (κ3) is 3.49. The van der Waals surface area contributed by atoms with Crippen molar-refractivity contribution in [2.45, 2.75) is 25.9 Å². The van der Waals surface area contributed by atoms with E-state index in [1.165, 1.54) is 0 Å². The van der Waals surface area contributed by atoms with Gasteiger partial charge in [0.15, 0.2) is 0 Å².